The Kier molecular flexibility index (Phi) is 5.32. The van der Waals surface area contributed by atoms with Gasteiger partial charge in [-0.05, 0) is 0 Å². The third-order valence-corrected chi connectivity index (χ3v) is 1.23. The van der Waals surface area contributed by atoms with Crippen LogP contribution in [0.2, 0.25) is 0 Å². The molecule has 1 atom stereocenters. The minimum atomic E-state index is -1.10. The predicted molar refractivity (Wildman–Crippen MR) is 44.9 cm³/mol. The third kappa shape index (κ3) is 6.84. The second-order valence-corrected chi connectivity index (χ2v) is 2.40. The van der Waals surface area contributed by atoms with Crippen LogP contribution in [0.15, 0.2) is 0 Å². The molecule has 0 amide bonds. The largest absolute Gasteiger partial charge is 0.481 e. The van der Waals surface area contributed by atoms with Gasteiger partial charge in [0.05, 0.1) is 6.42 Å². The van der Waals surface area contributed by atoms with E-state index in [-0.39, 0.29) is 19.3 Å². The van der Waals surface area contributed by atoms with Gasteiger partial charge in [0.25, 0.3) is 0 Å². The molecule has 0 radical (unpaired) electrons. The Balaban J connectivity index is 3.61. The summed E-state index contributed by atoms with van der Waals surface area (Å²) < 4.78 is 0. The number of hydrogen-bond acceptors (Lipinski definition) is 3. The van der Waals surface area contributed by atoms with Crippen LogP contribution in [0.4, 0.5) is 0 Å². The maximum absolute atomic E-state index is 10.2. The Morgan fingerprint density at radius 3 is 2.38 bits per heavy atom. The lowest BCUT2D eigenvalue weighted by atomic mass is 10.2. The molecule has 0 saturated heterocycles. The van der Waals surface area contributed by atoms with Gasteiger partial charge in [-0.15, -0.1) is 11.8 Å². The van der Waals surface area contributed by atoms with E-state index in [1.165, 1.54) is 0 Å². The average Bonchev–Trinajstić information content (AvgIpc) is 2.02. The molecular formula is C8H11NO4. The standard InChI is InChI=1S/C8H11NO4/c9-6(8(12)13)4-2-1-3-5-7(10)11/h6H,3-5,9H2,(H,10,11)(H,12,13). The SMILES string of the molecule is NC(CC#CCCC(=O)O)C(=O)O. The van der Waals surface area contributed by atoms with Gasteiger partial charge < -0.3 is 15.9 Å². The molecule has 0 aliphatic heterocycles. The molecule has 0 bridgehead atoms. The van der Waals surface area contributed by atoms with Crippen molar-refractivity contribution in [3.63, 3.8) is 0 Å². The van der Waals surface area contributed by atoms with Crippen molar-refractivity contribution < 1.29 is 19.8 Å². The molecule has 13 heavy (non-hydrogen) atoms. The summed E-state index contributed by atoms with van der Waals surface area (Å²) in [5.74, 6) is 3.01. The smallest absolute Gasteiger partial charge is 0.321 e. The van der Waals surface area contributed by atoms with Crippen LogP contribution >= 0.6 is 0 Å². The fourth-order valence-corrected chi connectivity index (χ4v) is 0.527. The molecule has 0 aromatic heterocycles. The monoisotopic (exact) mass is 185 g/mol. The van der Waals surface area contributed by atoms with Gasteiger partial charge in [0.15, 0.2) is 0 Å². The quantitative estimate of drug-likeness (QED) is 0.520. The highest BCUT2D eigenvalue weighted by Gasteiger charge is 2.07. The van der Waals surface area contributed by atoms with Crippen molar-refractivity contribution in [2.24, 2.45) is 5.73 Å². The summed E-state index contributed by atoms with van der Waals surface area (Å²) in [6.07, 6.45) is 0.242. The van der Waals surface area contributed by atoms with Crippen LogP contribution in [0.3, 0.4) is 0 Å². The molecule has 0 heterocycles. The molecule has 0 aliphatic carbocycles. The van der Waals surface area contributed by atoms with Crippen molar-refractivity contribution in [2.75, 3.05) is 0 Å². The van der Waals surface area contributed by atoms with E-state index in [9.17, 15) is 9.59 Å². The minimum Gasteiger partial charge on any atom is -0.481 e. The maximum Gasteiger partial charge on any atom is 0.321 e. The van der Waals surface area contributed by atoms with E-state index < -0.39 is 18.0 Å². The minimum absolute atomic E-state index is 0.0324. The van der Waals surface area contributed by atoms with Crippen LogP contribution < -0.4 is 5.73 Å². The summed E-state index contributed by atoms with van der Waals surface area (Å²) in [6, 6.07) is -0.989. The van der Waals surface area contributed by atoms with Crippen molar-refractivity contribution in [1.82, 2.24) is 0 Å². The number of carboxylic acids is 2. The molecule has 0 spiro atoms. The molecule has 0 aromatic rings. The number of carbonyl (C=O) groups is 2. The van der Waals surface area contributed by atoms with Crippen LogP contribution in [-0.4, -0.2) is 28.2 Å². The zero-order chi connectivity index (χ0) is 10.3. The molecule has 0 fully saturated rings. The van der Waals surface area contributed by atoms with Crippen LogP contribution in [0.1, 0.15) is 19.3 Å². The van der Waals surface area contributed by atoms with Crippen molar-refractivity contribution in [1.29, 1.82) is 0 Å². The first-order valence-corrected chi connectivity index (χ1v) is 3.70. The van der Waals surface area contributed by atoms with Crippen LogP contribution in [0.5, 0.6) is 0 Å². The van der Waals surface area contributed by atoms with Crippen molar-refractivity contribution in [3.8, 4) is 11.8 Å². The van der Waals surface area contributed by atoms with E-state index >= 15 is 0 Å². The number of aliphatic carboxylic acids is 2. The molecule has 0 aliphatic rings. The third-order valence-electron chi connectivity index (χ3n) is 1.23. The first kappa shape index (κ1) is 11.5. The fourth-order valence-electron chi connectivity index (χ4n) is 0.527. The van der Waals surface area contributed by atoms with E-state index in [1.807, 2.05) is 0 Å². The summed E-state index contributed by atoms with van der Waals surface area (Å²) in [5, 5.41) is 16.6. The summed E-state index contributed by atoms with van der Waals surface area (Å²) >= 11 is 0. The van der Waals surface area contributed by atoms with Gasteiger partial charge in [-0.1, -0.05) is 0 Å². The zero-order valence-corrected chi connectivity index (χ0v) is 6.99. The van der Waals surface area contributed by atoms with Crippen molar-refractivity contribution in [2.45, 2.75) is 25.3 Å². The van der Waals surface area contributed by atoms with Crippen molar-refractivity contribution in [3.05, 3.63) is 0 Å². The molecule has 5 heteroatoms. The summed E-state index contributed by atoms with van der Waals surface area (Å²) in [5.41, 5.74) is 5.14. The van der Waals surface area contributed by atoms with E-state index in [1.54, 1.807) is 0 Å². The van der Waals surface area contributed by atoms with E-state index in [0.29, 0.717) is 0 Å². The lowest BCUT2D eigenvalue weighted by molar-refractivity contribution is -0.138. The second-order valence-electron chi connectivity index (χ2n) is 2.40. The van der Waals surface area contributed by atoms with Crippen LogP contribution in [0, 0.1) is 11.8 Å². The lowest BCUT2D eigenvalue weighted by Gasteiger charge is -1.97. The molecule has 72 valence electrons. The summed E-state index contributed by atoms with van der Waals surface area (Å²) in [7, 11) is 0. The van der Waals surface area contributed by atoms with Gasteiger partial charge >= 0.3 is 11.9 Å². The highest BCUT2D eigenvalue weighted by molar-refractivity contribution is 5.73. The Hall–Kier alpha value is -1.54. The second kappa shape index (κ2) is 6.03. The number of carboxylic acid groups (broad SMARTS) is 2. The molecule has 0 saturated carbocycles. The first-order chi connectivity index (χ1) is 6.04. The molecule has 0 aromatic carbocycles. The highest BCUT2D eigenvalue weighted by atomic mass is 16.4. The number of hydrogen-bond donors (Lipinski definition) is 3. The van der Waals surface area contributed by atoms with Gasteiger partial charge in [0.2, 0.25) is 0 Å². The predicted octanol–water partition coefficient (Wildman–Crippen LogP) is -0.343. The molecule has 1 unspecified atom stereocenters. The van der Waals surface area contributed by atoms with Gasteiger partial charge in [0, 0.05) is 12.8 Å². The summed E-state index contributed by atoms with van der Waals surface area (Å²) in [6.45, 7) is 0. The van der Waals surface area contributed by atoms with E-state index in [0.717, 1.165) is 0 Å². The Labute approximate surface area is 75.5 Å². The number of rotatable bonds is 4. The average molecular weight is 185 g/mol. The van der Waals surface area contributed by atoms with Gasteiger partial charge in [0.1, 0.15) is 6.04 Å². The Bertz CT molecular complexity index is 251. The van der Waals surface area contributed by atoms with Crippen molar-refractivity contribution >= 4 is 11.9 Å². The van der Waals surface area contributed by atoms with E-state index in [4.69, 9.17) is 15.9 Å². The van der Waals surface area contributed by atoms with Gasteiger partial charge in [-0.3, -0.25) is 9.59 Å². The molecule has 5 nitrogen and oxygen atoms in total. The van der Waals surface area contributed by atoms with Gasteiger partial charge in [-0.2, -0.15) is 0 Å². The van der Waals surface area contributed by atoms with Gasteiger partial charge in [-0.25, -0.2) is 0 Å². The Morgan fingerprint density at radius 2 is 1.92 bits per heavy atom. The summed E-state index contributed by atoms with van der Waals surface area (Å²) in [4.78, 5) is 20.2. The van der Waals surface area contributed by atoms with Crippen LogP contribution in [-0.2, 0) is 9.59 Å². The van der Waals surface area contributed by atoms with Crippen LogP contribution in [0.25, 0.3) is 0 Å². The molecule has 0 rings (SSSR count). The maximum atomic E-state index is 10.2. The highest BCUT2D eigenvalue weighted by Crippen LogP contribution is 1.88. The topological polar surface area (TPSA) is 101 Å². The number of nitrogens with two attached hydrogens (primary N) is 1. The first-order valence-electron chi connectivity index (χ1n) is 3.70. The fraction of sp³-hybridized carbons (Fsp3) is 0.500. The van der Waals surface area contributed by atoms with E-state index in [2.05, 4.69) is 11.8 Å². The Morgan fingerprint density at radius 1 is 1.31 bits per heavy atom. The molecular weight excluding hydrogens is 174 g/mol. The molecule has 4 N–H and O–H groups in total. The zero-order valence-electron chi connectivity index (χ0n) is 6.99. The lowest BCUT2D eigenvalue weighted by Crippen LogP contribution is -2.29. The normalized spacial score (nSPS) is 11.2.